The second-order valence-electron chi connectivity index (χ2n) is 5.92. The van der Waals surface area contributed by atoms with E-state index in [-0.39, 0.29) is 10.6 Å². The Morgan fingerprint density at radius 2 is 1.64 bits per heavy atom. The number of hydrogen-bond donors (Lipinski definition) is 1. The highest BCUT2D eigenvalue weighted by Crippen LogP contribution is 2.35. The number of benzene rings is 2. The maximum absolute atomic E-state index is 12.7. The van der Waals surface area contributed by atoms with Gasteiger partial charge in [-0.1, -0.05) is 18.6 Å². The Labute approximate surface area is 148 Å². The van der Waals surface area contributed by atoms with Gasteiger partial charge in [-0.2, -0.15) is 4.31 Å². The molecule has 0 aliphatic carbocycles. The van der Waals surface area contributed by atoms with Crippen LogP contribution in [0.5, 0.6) is 17.2 Å². The van der Waals surface area contributed by atoms with Crippen molar-refractivity contribution in [2.75, 3.05) is 25.9 Å². The number of anilines is 1. The number of ether oxygens (including phenoxy) is 2. The lowest BCUT2D eigenvalue weighted by Gasteiger charge is -2.26. The molecule has 0 bridgehead atoms. The topological polar surface area (TPSA) is 81.9 Å². The first-order valence-corrected chi connectivity index (χ1v) is 9.67. The summed E-state index contributed by atoms with van der Waals surface area (Å²) in [5, 5.41) is 0. The van der Waals surface area contributed by atoms with E-state index >= 15 is 0 Å². The van der Waals surface area contributed by atoms with Gasteiger partial charge in [-0.05, 0) is 43.2 Å². The normalized spacial score (nSPS) is 15.7. The van der Waals surface area contributed by atoms with Crippen LogP contribution in [-0.2, 0) is 10.0 Å². The number of nitrogens with two attached hydrogens (primary N) is 1. The molecule has 7 heteroatoms. The maximum atomic E-state index is 12.7. The average molecular weight is 362 g/mol. The molecule has 0 spiro atoms. The van der Waals surface area contributed by atoms with Crippen LogP contribution < -0.4 is 15.2 Å². The van der Waals surface area contributed by atoms with Crippen LogP contribution in [0.4, 0.5) is 5.69 Å². The minimum absolute atomic E-state index is 0.194. The summed E-state index contributed by atoms with van der Waals surface area (Å²) in [7, 11) is -1.96. The molecule has 3 rings (SSSR count). The number of nitrogens with zero attached hydrogens (tertiary/aromatic N) is 1. The summed E-state index contributed by atoms with van der Waals surface area (Å²) in [4.78, 5) is 0.194. The standard InChI is InChI=1S/C18H22N2O4S/c1-23-17-7-3-4-8-18(17)24-16-10-9-14(13-15(16)19)25(21,22)20-11-5-2-6-12-20/h3-4,7-10,13H,2,5-6,11-12,19H2,1H3. The van der Waals surface area contributed by atoms with E-state index in [1.54, 1.807) is 25.3 Å². The van der Waals surface area contributed by atoms with Crippen LogP contribution in [-0.4, -0.2) is 32.9 Å². The number of hydrogen-bond acceptors (Lipinski definition) is 5. The molecule has 1 aliphatic rings. The minimum Gasteiger partial charge on any atom is -0.493 e. The molecular weight excluding hydrogens is 340 g/mol. The zero-order valence-corrected chi connectivity index (χ0v) is 15.0. The van der Waals surface area contributed by atoms with Crippen LogP contribution in [0.25, 0.3) is 0 Å². The van der Waals surface area contributed by atoms with Crippen LogP contribution in [0.2, 0.25) is 0 Å². The number of rotatable bonds is 5. The van der Waals surface area contributed by atoms with E-state index in [1.807, 2.05) is 12.1 Å². The lowest BCUT2D eigenvalue weighted by molar-refractivity contribution is 0.346. The SMILES string of the molecule is COc1ccccc1Oc1ccc(S(=O)(=O)N2CCCCC2)cc1N. The molecule has 1 heterocycles. The van der Waals surface area contributed by atoms with E-state index in [0.717, 1.165) is 19.3 Å². The first-order valence-electron chi connectivity index (χ1n) is 8.23. The van der Waals surface area contributed by atoms with Crippen molar-refractivity contribution in [3.8, 4) is 17.2 Å². The highest BCUT2D eigenvalue weighted by molar-refractivity contribution is 7.89. The average Bonchev–Trinajstić information content (AvgIpc) is 2.64. The Balaban J connectivity index is 1.85. The molecule has 0 unspecified atom stereocenters. The van der Waals surface area contributed by atoms with Crippen molar-refractivity contribution in [2.24, 2.45) is 0 Å². The molecule has 0 radical (unpaired) electrons. The zero-order chi connectivity index (χ0) is 17.9. The van der Waals surface area contributed by atoms with Crippen molar-refractivity contribution in [1.29, 1.82) is 0 Å². The third-order valence-corrected chi connectivity index (χ3v) is 6.12. The summed E-state index contributed by atoms with van der Waals surface area (Å²) < 4.78 is 38.0. The summed E-state index contributed by atoms with van der Waals surface area (Å²) in [6.45, 7) is 1.11. The van der Waals surface area contributed by atoms with Gasteiger partial charge >= 0.3 is 0 Å². The summed E-state index contributed by atoms with van der Waals surface area (Å²) in [5.74, 6) is 1.48. The Bertz CT molecular complexity index is 846. The molecule has 1 fully saturated rings. The molecule has 0 atom stereocenters. The Kier molecular flexibility index (Phi) is 5.15. The van der Waals surface area contributed by atoms with Crippen molar-refractivity contribution in [2.45, 2.75) is 24.2 Å². The van der Waals surface area contributed by atoms with Gasteiger partial charge in [0.1, 0.15) is 0 Å². The minimum atomic E-state index is -3.51. The van der Waals surface area contributed by atoms with E-state index in [9.17, 15) is 8.42 Å². The molecule has 0 saturated carbocycles. The van der Waals surface area contributed by atoms with E-state index in [0.29, 0.717) is 30.3 Å². The number of piperidine rings is 1. The lowest BCUT2D eigenvalue weighted by atomic mass is 10.2. The zero-order valence-electron chi connectivity index (χ0n) is 14.1. The largest absolute Gasteiger partial charge is 0.493 e. The van der Waals surface area contributed by atoms with Crippen LogP contribution in [0.3, 0.4) is 0 Å². The van der Waals surface area contributed by atoms with Crippen LogP contribution in [0.15, 0.2) is 47.4 Å². The van der Waals surface area contributed by atoms with Gasteiger partial charge in [-0.3, -0.25) is 0 Å². The first kappa shape index (κ1) is 17.6. The number of nitrogen functional groups attached to an aromatic ring is 1. The lowest BCUT2D eigenvalue weighted by Crippen LogP contribution is -2.35. The summed E-state index contributed by atoms with van der Waals surface area (Å²) in [6, 6.07) is 11.8. The Hall–Kier alpha value is -2.25. The fourth-order valence-electron chi connectivity index (χ4n) is 2.86. The molecule has 1 saturated heterocycles. The van der Waals surface area contributed by atoms with Crippen LogP contribution >= 0.6 is 0 Å². The fourth-order valence-corrected chi connectivity index (χ4v) is 4.41. The smallest absolute Gasteiger partial charge is 0.243 e. The first-order chi connectivity index (χ1) is 12.0. The molecule has 0 amide bonds. The van der Waals surface area contributed by atoms with Crippen LogP contribution in [0, 0.1) is 0 Å². The van der Waals surface area contributed by atoms with E-state index in [1.165, 1.54) is 16.4 Å². The molecule has 1 aliphatic heterocycles. The van der Waals surface area contributed by atoms with Gasteiger partial charge in [0.15, 0.2) is 17.2 Å². The van der Waals surface area contributed by atoms with Gasteiger partial charge in [0.25, 0.3) is 0 Å². The van der Waals surface area contributed by atoms with E-state index in [4.69, 9.17) is 15.2 Å². The molecule has 25 heavy (non-hydrogen) atoms. The quantitative estimate of drug-likeness (QED) is 0.826. The second-order valence-corrected chi connectivity index (χ2v) is 7.86. The summed E-state index contributed by atoms with van der Waals surface area (Å²) in [5.41, 5.74) is 6.31. The molecule has 0 aromatic heterocycles. The molecule has 6 nitrogen and oxygen atoms in total. The van der Waals surface area contributed by atoms with E-state index < -0.39 is 10.0 Å². The Morgan fingerprint density at radius 1 is 0.960 bits per heavy atom. The number of para-hydroxylation sites is 2. The van der Waals surface area contributed by atoms with Crippen molar-refractivity contribution in [3.63, 3.8) is 0 Å². The van der Waals surface area contributed by atoms with E-state index in [2.05, 4.69) is 0 Å². The maximum Gasteiger partial charge on any atom is 0.243 e. The fraction of sp³-hybridized carbons (Fsp3) is 0.333. The second kappa shape index (κ2) is 7.33. The third-order valence-electron chi connectivity index (χ3n) is 4.22. The molecule has 2 N–H and O–H groups in total. The summed E-state index contributed by atoms with van der Waals surface area (Å²) >= 11 is 0. The Morgan fingerprint density at radius 3 is 2.28 bits per heavy atom. The van der Waals surface area contributed by atoms with Crippen molar-refractivity contribution in [1.82, 2.24) is 4.31 Å². The molecule has 2 aromatic carbocycles. The third kappa shape index (κ3) is 3.72. The molecule has 2 aromatic rings. The monoisotopic (exact) mass is 362 g/mol. The summed E-state index contributed by atoms with van der Waals surface area (Å²) in [6.07, 6.45) is 2.85. The number of sulfonamides is 1. The predicted octanol–water partition coefficient (Wildman–Crippen LogP) is 3.24. The van der Waals surface area contributed by atoms with Gasteiger partial charge < -0.3 is 15.2 Å². The van der Waals surface area contributed by atoms with Crippen molar-refractivity contribution in [3.05, 3.63) is 42.5 Å². The van der Waals surface area contributed by atoms with Gasteiger partial charge in [0.2, 0.25) is 10.0 Å². The van der Waals surface area contributed by atoms with Crippen molar-refractivity contribution >= 4 is 15.7 Å². The van der Waals surface area contributed by atoms with Gasteiger partial charge in [0.05, 0.1) is 17.7 Å². The van der Waals surface area contributed by atoms with Gasteiger partial charge in [-0.25, -0.2) is 8.42 Å². The van der Waals surface area contributed by atoms with Gasteiger partial charge in [-0.15, -0.1) is 0 Å². The predicted molar refractivity (Wildman–Crippen MR) is 96.5 cm³/mol. The van der Waals surface area contributed by atoms with Crippen molar-refractivity contribution < 1.29 is 17.9 Å². The molecule has 134 valence electrons. The number of methoxy groups -OCH3 is 1. The van der Waals surface area contributed by atoms with Crippen LogP contribution in [0.1, 0.15) is 19.3 Å². The highest BCUT2D eigenvalue weighted by atomic mass is 32.2. The molecular formula is C18H22N2O4S. The highest BCUT2D eigenvalue weighted by Gasteiger charge is 2.26. The van der Waals surface area contributed by atoms with Gasteiger partial charge in [0, 0.05) is 13.1 Å².